The van der Waals surface area contributed by atoms with Crippen molar-refractivity contribution in [2.24, 2.45) is 0 Å². The Labute approximate surface area is 191 Å². The van der Waals surface area contributed by atoms with Crippen molar-refractivity contribution in [3.05, 3.63) is 70.4 Å². The average molecular weight is 454 g/mol. The molecule has 0 radical (unpaired) electrons. The zero-order valence-electron chi connectivity index (χ0n) is 17.4. The summed E-state index contributed by atoms with van der Waals surface area (Å²) in [5, 5.41) is 8.81. The van der Waals surface area contributed by atoms with Gasteiger partial charge < -0.3 is 10.1 Å². The predicted molar refractivity (Wildman–Crippen MR) is 125 cm³/mol. The van der Waals surface area contributed by atoms with E-state index in [2.05, 4.69) is 5.32 Å². The van der Waals surface area contributed by atoms with Crippen LogP contribution < -0.4 is 10.1 Å². The number of carbonyl (C=O) groups excluding carboxylic acids is 1. The van der Waals surface area contributed by atoms with E-state index >= 15 is 0 Å². The quantitative estimate of drug-likeness (QED) is 0.535. The minimum atomic E-state index is -0.530. The van der Waals surface area contributed by atoms with Gasteiger partial charge in [-0.15, -0.1) is 0 Å². The van der Waals surface area contributed by atoms with Gasteiger partial charge in [-0.05, 0) is 54.8 Å². The van der Waals surface area contributed by atoms with Gasteiger partial charge in [0.15, 0.2) is 0 Å². The molecular weight excluding hydrogens is 430 g/mol. The Hall–Kier alpha value is -2.44. The second kappa shape index (κ2) is 8.24. The molecule has 7 heteroatoms. The maximum absolute atomic E-state index is 13.8. The third kappa shape index (κ3) is 3.62. The highest BCUT2D eigenvalue weighted by atomic mass is 35.5. The standard InChI is InChI=1S/C24H24ClN3O2S/c1-30-19-10-8-18(9-11-19)28-22(20-14-31-15-21(20)27-28)26-23(29)24(12-2-3-13-24)16-4-6-17(25)7-5-16/h4-11H,2-3,12-15H2,1H3,(H,26,29). The van der Waals surface area contributed by atoms with Gasteiger partial charge in [0, 0.05) is 22.1 Å². The molecule has 2 aliphatic rings. The summed E-state index contributed by atoms with van der Waals surface area (Å²) in [6.45, 7) is 0. The highest BCUT2D eigenvalue weighted by molar-refractivity contribution is 7.98. The number of carbonyl (C=O) groups is 1. The Kier molecular flexibility index (Phi) is 5.44. The lowest BCUT2D eigenvalue weighted by atomic mass is 9.78. The van der Waals surface area contributed by atoms with E-state index in [9.17, 15) is 4.79 Å². The molecule has 2 heterocycles. The molecule has 1 N–H and O–H groups in total. The molecular formula is C24H24ClN3O2S. The minimum absolute atomic E-state index is 0.0432. The Balaban J connectivity index is 1.52. The van der Waals surface area contributed by atoms with E-state index in [0.717, 1.165) is 71.3 Å². The lowest BCUT2D eigenvalue weighted by Gasteiger charge is -2.28. The number of aromatic nitrogens is 2. The van der Waals surface area contributed by atoms with Gasteiger partial charge in [-0.25, -0.2) is 4.68 Å². The van der Waals surface area contributed by atoms with Crippen molar-refractivity contribution in [3.8, 4) is 11.4 Å². The molecule has 1 aliphatic heterocycles. The van der Waals surface area contributed by atoms with Crippen LogP contribution in [0.2, 0.25) is 5.02 Å². The summed E-state index contributed by atoms with van der Waals surface area (Å²) in [6, 6.07) is 15.5. The lowest BCUT2D eigenvalue weighted by Crippen LogP contribution is -2.38. The highest BCUT2D eigenvalue weighted by Gasteiger charge is 2.43. The number of methoxy groups -OCH3 is 1. The molecule has 2 aromatic carbocycles. The number of benzene rings is 2. The first-order valence-electron chi connectivity index (χ1n) is 10.5. The van der Waals surface area contributed by atoms with Crippen LogP contribution in [0.4, 0.5) is 5.82 Å². The van der Waals surface area contributed by atoms with Crippen LogP contribution in [0.1, 0.15) is 42.5 Å². The zero-order chi connectivity index (χ0) is 21.4. The molecule has 0 saturated heterocycles. The molecule has 5 rings (SSSR count). The largest absolute Gasteiger partial charge is 0.497 e. The smallest absolute Gasteiger partial charge is 0.236 e. The summed E-state index contributed by atoms with van der Waals surface area (Å²) in [5.74, 6) is 3.34. The SMILES string of the molecule is COc1ccc(-n2nc3c(c2NC(=O)C2(c4ccc(Cl)cc4)CCCC2)CSC3)cc1. The number of ether oxygens (including phenoxy) is 1. The number of nitrogens with zero attached hydrogens (tertiary/aromatic N) is 2. The first kappa shape index (κ1) is 20.5. The van der Waals surface area contributed by atoms with E-state index in [0.29, 0.717) is 5.02 Å². The fourth-order valence-electron chi connectivity index (χ4n) is 4.67. The van der Waals surface area contributed by atoms with Gasteiger partial charge in [0.1, 0.15) is 11.6 Å². The maximum Gasteiger partial charge on any atom is 0.236 e. The highest BCUT2D eigenvalue weighted by Crippen LogP contribution is 2.43. The van der Waals surface area contributed by atoms with Crippen LogP contribution in [0.3, 0.4) is 0 Å². The molecule has 31 heavy (non-hydrogen) atoms. The average Bonchev–Trinajstić information content (AvgIpc) is 3.52. The van der Waals surface area contributed by atoms with E-state index in [4.69, 9.17) is 21.4 Å². The molecule has 1 saturated carbocycles. The molecule has 0 unspecified atom stereocenters. The third-order valence-electron chi connectivity index (χ3n) is 6.39. The molecule has 5 nitrogen and oxygen atoms in total. The van der Waals surface area contributed by atoms with Gasteiger partial charge in [-0.3, -0.25) is 4.79 Å². The Morgan fingerprint density at radius 3 is 2.48 bits per heavy atom. The number of anilines is 1. The number of halogens is 1. The van der Waals surface area contributed by atoms with E-state index in [-0.39, 0.29) is 5.91 Å². The lowest BCUT2D eigenvalue weighted by molar-refractivity contribution is -0.121. The molecule has 1 aliphatic carbocycles. The molecule has 0 spiro atoms. The third-order valence-corrected chi connectivity index (χ3v) is 7.61. The van der Waals surface area contributed by atoms with E-state index in [1.54, 1.807) is 7.11 Å². The Morgan fingerprint density at radius 2 is 1.81 bits per heavy atom. The molecule has 3 aromatic rings. The van der Waals surface area contributed by atoms with Crippen LogP contribution in [-0.4, -0.2) is 22.8 Å². The monoisotopic (exact) mass is 453 g/mol. The van der Waals surface area contributed by atoms with Crippen molar-refractivity contribution in [1.82, 2.24) is 9.78 Å². The summed E-state index contributed by atoms with van der Waals surface area (Å²) in [7, 11) is 1.65. The van der Waals surface area contributed by atoms with Crippen LogP contribution in [0, 0.1) is 0 Å². The van der Waals surface area contributed by atoms with Crippen molar-refractivity contribution in [2.45, 2.75) is 42.6 Å². The number of nitrogens with one attached hydrogen (secondary N) is 1. The summed E-state index contributed by atoms with van der Waals surface area (Å²) in [6.07, 6.45) is 3.77. The molecule has 0 bridgehead atoms. The zero-order valence-corrected chi connectivity index (χ0v) is 18.9. The number of fused-ring (bicyclic) bond motifs is 1. The number of hydrogen-bond donors (Lipinski definition) is 1. The summed E-state index contributed by atoms with van der Waals surface area (Å²) < 4.78 is 7.15. The van der Waals surface area contributed by atoms with Gasteiger partial charge in [0.2, 0.25) is 5.91 Å². The predicted octanol–water partition coefficient (Wildman–Crippen LogP) is 5.73. The topological polar surface area (TPSA) is 56.1 Å². The van der Waals surface area contributed by atoms with Crippen molar-refractivity contribution < 1.29 is 9.53 Å². The number of rotatable bonds is 5. The Bertz CT molecular complexity index is 1100. The molecule has 1 aromatic heterocycles. The second-order valence-electron chi connectivity index (χ2n) is 8.13. The molecule has 160 valence electrons. The molecule has 0 atom stereocenters. The van der Waals surface area contributed by atoms with Crippen LogP contribution in [-0.2, 0) is 21.7 Å². The van der Waals surface area contributed by atoms with E-state index in [1.165, 1.54) is 0 Å². The normalized spacial score (nSPS) is 16.8. The van der Waals surface area contributed by atoms with E-state index < -0.39 is 5.41 Å². The summed E-state index contributed by atoms with van der Waals surface area (Å²) >= 11 is 7.94. The second-order valence-corrected chi connectivity index (χ2v) is 9.55. The number of amides is 1. The Morgan fingerprint density at radius 1 is 1.10 bits per heavy atom. The van der Waals surface area contributed by atoms with Crippen LogP contribution in [0.25, 0.3) is 5.69 Å². The first-order valence-corrected chi connectivity index (χ1v) is 12.0. The summed E-state index contributed by atoms with van der Waals surface area (Å²) in [4.78, 5) is 13.8. The van der Waals surface area contributed by atoms with E-state index in [1.807, 2.05) is 65.0 Å². The molecule has 1 amide bonds. The van der Waals surface area contributed by atoms with Crippen molar-refractivity contribution in [3.63, 3.8) is 0 Å². The van der Waals surface area contributed by atoms with Gasteiger partial charge in [0.25, 0.3) is 0 Å². The summed E-state index contributed by atoms with van der Waals surface area (Å²) in [5.41, 5.74) is 3.58. The molecule has 1 fully saturated rings. The van der Waals surface area contributed by atoms with Gasteiger partial charge in [-0.1, -0.05) is 36.6 Å². The van der Waals surface area contributed by atoms with Crippen molar-refractivity contribution in [1.29, 1.82) is 0 Å². The fraction of sp³-hybridized carbons (Fsp3) is 0.333. The van der Waals surface area contributed by atoms with Crippen molar-refractivity contribution >= 4 is 35.1 Å². The minimum Gasteiger partial charge on any atom is -0.497 e. The van der Waals surface area contributed by atoms with Crippen LogP contribution in [0.5, 0.6) is 5.75 Å². The van der Waals surface area contributed by atoms with Gasteiger partial charge in [0.05, 0.1) is 23.9 Å². The fourth-order valence-corrected chi connectivity index (χ4v) is 5.83. The van der Waals surface area contributed by atoms with Crippen molar-refractivity contribution in [2.75, 3.05) is 12.4 Å². The van der Waals surface area contributed by atoms with Gasteiger partial charge in [-0.2, -0.15) is 16.9 Å². The van der Waals surface area contributed by atoms with Crippen LogP contribution >= 0.6 is 23.4 Å². The first-order chi connectivity index (χ1) is 15.1. The van der Waals surface area contributed by atoms with Gasteiger partial charge >= 0.3 is 0 Å². The maximum atomic E-state index is 13.8. The number of hydrogen-bond acceptors (Lipinski definition) is 4. The van der Waals surface area contributed by atoms with Crippen LogP contribution in [0.15, 0.2) is 48.5 Å². The number of thioether (sulfide) groups is 1.